The van der Waals surface area contributed by atoms with Crippen molar-refractivity contribution in [3.63, 3.8) is 0 Å². The summed E-state index contributed by atoms with van der Waals surface area (Å²) in [4.78, 5) is 7.33. The lowest BCUT2D eigenvalue weighted by Gasteiger charge is -2.28. The SMILES string of the molecule is CC[C@H]1CCC(CN(C)C)CN=C1Nc1ccc2c(c1C)CC(CNC)CO2. The van der Waals surface area contributed by atoms with Crippen LogP contribution in [-0.2, 0) is 6.42 Å². The number of hydrogen-bond donors (Lipinski definition) is 2. The minimum absolute atomic E-state index is 0.524. The second kappa shape index (κ2) is 9.75. The number of rotatable bonds is 6. The zero-order chi connectivity index (χ0) is 20.1. The molecule has 0 saturated carbocycles. The van der Waals surface area contributed by atoms with E-state index in [2.05, 4.69) is 55.6 Å². The fraction of sp³-hybridized carbons (Fsp3) is 0.696. The van der Waals surface area contributed by atoms with E-state index in [1.165, 1.54) is 35.5 Å². The highest BCUT2D eigenvalue weighted by Gasteiger charge is 2.25. The zero-order valence-electron chi connectivity index (χ0n) is 18.3. The van der Waals surface area contributed by atoms with Gasteiger partial charge in [0.25, 0.3) is 0 Å². The number of nitrogens with one attached hydrogen (secondary N) is 2. The van der Waals surface area contributed by atoms with Crippen LogP contribution in [0.5, 0.6) is 5.75 Å². The monoisotopic (exact) mass is 386 g/mol. The van der Waals surface area contributed by atoms with E-state index >= 15 is 0 Å². The largest absolute Gasteiger partial charge is 0.493 e. The Kier molecular flexibility index (Phi) is 7.36. The topological polar surface area (TPSA) is 48.9 Å². The summed E-state index contributed by atoms with van der Waals surface area (Å²) >= 11 is 0. The molecule has 0 aliphatic carbocycles. The van der Waals surface area contributed by atoms with Crippen LogP contribution in [0.1, 0.15) is 37.3 Å². The summed E-state index contributed by atoms with van der Waals surface area (Å²) in [7, 11) is 6.33. The van der Waals surface area contributed by atoms with Crippen LogP contribution in [0, 0.1) is 24.7 Å². The molecule has 2 N–H and O–H groups in total. The maximum absolute atomic E-state index is 6.03. The molecule has 0 radical (unpaired) electrons. The van der Waals surface area contributed by atoms with Gasteiger partial charge in [0.15, 0.2) is 0 Å². The van der Waals surface area contributed by atoms with Gasteiger partial charge in [0.1, 0.15) is 11.6 Å². The van der Waals surface area contributed by atoms with Gasteiger partial charge in [0.05, 0.1) is 6.61 Å². The number of anilines is 1. The number of benzene rings is 1. The molecule has 0 fully saturated rings. The highest BCUT2D eigenvalue weighted by Crippen LogP contribution is 2.34. The Labute approximate surface area is 170 Å². The molecule has 0 amide bonds. The van der Waals surface area contributed by atoms with Crippen molar-refractivity contribution in [3.8, 4) is 5.75 Å². The molecule has 2 aliphatic heterocycles. The van der Waals surface area contributed by atoms with Crippen LogP contribution in [-0.4, -0.2) is 58.1 Å². The first-order valence-corrected chi connectivity index (χ1v) is 10.9. The summed E-state index contributed by atoms with van der Waals surface area (Å²) in [6.45, 7) is 8.35. The predicted octanol–water partition coefficient (Wildman–Crippen LogP) is 3.57. The van der Waals surface area contributed by atoms with Crippen molar-refractivity contribution in [3.05, 3.63) is 23.3 Å². The third-order valence-corrected chi connectivity index (χ3v) is 6.22. The summed E-state index contributed by atoms with van der Waals surface area (Å²) in [6, 6.07) is 4.30. The summed E-state index contributed by atoms with van der Waals surface area (Å²) < 4.78 is 6.03. The first-order valence-electron chi connectivity index (χ1n) is 10.9. The van der Waals surface area contributed by atoms with E-state index < -0.39 is 0 Å². The van der Waals surface area contributed by atoms with Crippen LogP contribution in [0.15, 0.2) is 17.1 Å². The van der Waals surface area contributed by atoms with E-state index in [1.807, 2.05) is 7.05 Å². The first kappa shape index (κ1) is 21.1. The van der Waals surface area contributed by atoms with Gasteiger partial charge in [-0.25, -0.2) is 0 Å². The normalized spacial score (nSPS) is 24.9. The fourth-order valence-electron chi connectivity index (χ4n) is 4.60. The van der Waals surface area contributed by atoms with E-state index in [9.17, 15) is 0 Å². The number of fused-ring (bicyclic) bond motifs is 1. The quantitative estimate of drug-likeness (QED) is 0.785. The molecule has 28 heavy (non-hydrogen) atoms. The number of ether oxygens (including phenoxy) is 1. The Hall–Kier alpha value is -1.59. The van der Waals surface area contributed by atoms with Crippen molar-refractivity contribution in [1.82, 2.24) is 10.2 Å². The Balaban J connectivity index is 1.78. The average molecular weight is 387 g/mol. The lowest BCUT2D eigenvalue weighted by atomic mass is 9.92. The summed E-state index contributed by atoms with van der Waals surface area (Å²) in [6.07, 6.45) is 4.69. The first-order chi connectivity index (χ1) is 13.5. The molecule has 1 aromatic carbocycles. The van der Waals surface area contributed by atoms with Crippen molar-refractivity contribution in [2.24, 2.45) is 22.7 Å². The van der Waals surface area contributed by atoms with E-state index in [0.29, 0.717) is 17.8 Å². The summed E-state index contributed by atoms with van der Waals surface area (Å²) in [5.74, 6) is 3.95. The van der Waals surface area contributed by atoms with Crippen molar-refractivity contribution in [1.29, 1.82) is 0 Å². The van der Waals surface area contributed by atoms with Gasteiger partial charge in [0, 0.05) is 37.2 Å². The number of nitrogens with zero attached hydrogens (tertiary/aromatic N) is 2. The van der Waals surface area contributed by atoms with Gasteiger partial charge in [-0.3, -0.25) is 4.99 Å². The van der Waals surface area contributed by atoms with Gasteiger partial charge in [-0.15, -0.1) is 0 Å². The highest BCUT2D eigenvalue weighted by molar-refractivity contribution is 5.98. The standard InChI is InChI=1S/C23H38N4O/c1-6-19-8-7-17(14-27(4)5)13-25-23(19)26-21-9-10-22-20(16(21)2)11-18(12-24-3)15-28-22/h9-10,17-19,24H,6-8,11-15H2,1-5H3,(H,25,26)/t17?,18?,19-/m0/s1. The Morgan fingerprint density at radius 3 is 2.75 bits per heavy atom. The maximum Gasteiger partial charge on any atom is 0.122 e. The van der Waals surface area contributed by atoms with Gasteiger partial charge in [-0.1, -0.05) is 6.92 Å². The Bertz CT molecular complexity index is 685. The number of amidine groups is 1. The van der Waals surface area contributed by atoms with Gasteiger partial charge >= 0.3 is 0 Å². The maximum atomic E-state index is 6.03. The lowest BCUT2D eigenvalue weighted by Crippen LogP contribution is -2.30. The van der Waals surface area contributed by atoms with Gasteiger partial charge < -0.3 is 20.3 Å². The van der Waals surface area contributed by atoms with Crippen LogP contribution in [0.4, 0.5) is 5.69 Å². The minimum Gasteiger partial charge on any atom is -0.493 e. The van der Waals surface area contributed by atoms with E-state index in [1.54, 1.807) is 0 Å². The lowest BCUT2D eigenvalue weighted by molar-refractivity contribution is 0.220. The van der Waals surface area contributed by atoms with Crippen molar-refractivity contribution >= 4 is 11.5 Å². The molecule has 2 aliphatic rings. The van der Waals surface area contributed by atoms with E-state index in [0.717, 1.165) is 44.8 Å². The average Bonchev–Trinajstić information content (AvgIpc) is 2.86. The number of hydrogen-bond acceptors (Lipinski definition) is 5. The molecular weight excluding hydrogens is 348 g/mol. The van der Waals surface area contributed by atoms with Crippen LogP contribution in [0.3, 0.4) is 0 Å². The molecule has 5 nitrogen and oxygen atoms in total. The van der Waals surface area contributed by atoms with E-state index in [4.69, 9.17) is 9.73 Å². The second-order valence-electron chi connectivity index (χ2n) is 8.82. The minimum atomic E-state index is 0.524. The second-order valence-corrected chi connectivity index (χ2v) is 8.82. The molecule has 0 spiro atoms. The smallest absolute Gasteiger partial charge is 0.122 e. The van der Waals surface area contributed by atoms with Gasteiger partial charge in [0.2, 0.25) is 0 Å². The fourth-order valence-corrected chi connectivity index (χ4v) is 4.60. The molecule has 3 atom stereocenters. The molecule has 0 saturated heterocycles. The molecule has 2 unspecified atom stereocenters. The Morgan fingerprint density at radius 1 is 1.21 bits per heavy atom. The molecule has 156 valence electrons. The number of aliphatic imine (C=N–C) groups is 1. The third-order valence-electron chi connectivity index (χ3n) is 6.22. The van der Waals surface area contributed by atoms with Crippen molar-refractivity contribution in [2.75, 3.05) is 52.7 Å². The third kappa shape index (κ3) is 5.06. The predicted molar refractivity (Wildman–Crippen MR) is 119 cm³/mol. The van der Waals surface area contributed by atoms with Crippen molar-refractivity contribution < 1.29 is 4.74 Å². The molecule has 5 heteroatoms. The highest BCUT2D eigenvalue weighted by atomic mass is 16.5. The molecule has 1 aromatic rings. The summed E-state index contributed by atoms with van der Waals surface area (Å²) in [5, 5.41) is 7.01. The molecule has 3 rings (SSSR count). The van der Waals surface area contributed by atoms with Gasteiger partial charge in [-0.2, -0.15) is 0 Å². The summed E-state index contributed by atoms with van der Waals surface area (Å²) in [5.41, 5.74) is 3.85. The molecular formula is C23H38N4O. The van der Waals surface area contributed by atoms with Crippen molar-refractivity contribution in [2.45, 2.75) is 39.5 Å². The van der Waals surface area contributed by atoms with Gasteiger partial charge in [-0.05, 0) is 82.9 Å². The van der Waals surface area contributed by atoms with Crippen LogP contribution in [0.2, 0.25) is 0 Å². The van der Waals surface area contributed by atoms with Crippen LogP contribution in [0.25, 0.3) is 0 Å². The zero-order valence-corrected chi connectivity index (χ0v) is 18.3. The molecule has 0 bridgehead atoms. The van der Waals surface area contributed by atoms with Crippen LogP contribution >= 0.6 is 0 Å². The molecule has 0 aromatic heterocycles. The Morgan fingerprint density at radius 2 is 2.04 bits per heavy atom. The van der Waals surface area contributed by atoms with E-state index in [-0.39, 0.29) is 0 Å². The molecule has 2 heterocycles. The van der Waals surface area contributed by atoms with Crippen LogP contribution < -0.4 is 15.4 Å².